The second-order valence-electron chi connectivity index (χ2n) is 7.62. The van der Waals surface area contributed by atoms with E-state index in [2.05, 4.69) is 10.0 Å². The van der Waals surface area contributed by atoms with Crippen LogP contribution in [0, 0.1) is 17.6 Å². The lowest BCUT2D eigenvalue weighted by Gasteiger charge is -2.17. The Kier molecular flexibility index (Phi) is 7.81. The fourth-order valence-electron chi connectivity index (χ4n) is 3.60. The number of ether oxygens (including phenoxy) is 1. The Morgan fingerprint density at radius 1 is 1.29 bits per heavy atom. The van der Waals surface area contributed by atoms with Crippen molar-refractivity contribution in [2.75, 3.05) is 31.6 Å². The molecule has 0 aliphatic carbocycles. The smallest absolute Gasteiger partial charge is 0.409 e. The first-order chi connectivity index (χ1) is 16.0. The van der Waals surface area contributed by atoms with E-state index in [0.29, 0.717) is 0 Å². The van der Waals surface area contributed by atoms with Crippen molar-refractivity contribution in [1.82, 2.24) is 14.2 Å². The standard InChI is InChI=1S/C20H23ClF2N4O6S/c1-3-33-20(30)27-7-11(10-28)15(8-27)25-34(31,32)16-9-26(2)18(17(16)23)19(29)24-12-4-5-14(22)13(21)6-12/h4-6,9,11,15,25,28H,3,7-8,10H2,1-2H3,(H,24,29)/t11-,15-/m0/s1. The van der Waals surface area contributed by atoms with Gasteiger partial charge in [0.25, 0.3) is 5.91 Å². The van der Waals surface area contributed by atoms with Crippen LogP contribution >= 0.6 is 11.6 Å². The predicted octanol–water partition coefficient (Wildman–Crippen LogP) is 1.94. The normalized spacial score (nSPS) is 18.2. The van der Waals surface area contributed by atoms with Gasteiger partial charge in [-0.3, -0.25) is 4.79 Å². The maximum Gasteiger partial charge on any atom is 0.409 e. The topological polar surface area (TPSA) is 130 Å². The largest absolute Gasteiger partial charge is 0.450 e. The summed E-state index contributed by atoms with van der Waals surface area (Å²) in [6.45, 7) is 1.28. The number of anilines is 1. The first-order valence-corrected chi connectivity index (χ1v) is 12.0. The molecule has 1 fully saturated rings. The molecule has 186 valence electrons. The van der Waals surface area contributed by atoms with Crippen LogP contribution in [0.3, 0.4) is 0 Å². The Morgan fingerprint density at radius 2 is 2.00 bits per heavy atom. The average molecular weight is 521 g/mol. The number of amides is 2. The minimum atomic E-state index is -4.49. The molecule has 10 nitrogen and oxygen atoms in total. The van der Waals surface area contributed by atoms with Crippen LogP contribution in [0.1, 0.15) is 17.4 Å². The van der Waals surface area contributed by atoms with E-state index in [1.54, 1.807) is 6.92 Å². The number of aliphatic hydroxyl groups excluding tert-OH is 1. The summed E-state index contributed by atoms with van der Waals surface area (Å²) in [7, 11) is -3.20. The zero-order chi connectivity index (χ0) is 25.2. The summed E-state index contributed by atoms with van der Waals surface area (Å²) in [5.74, 6) is -3.64. The number of aromatic nitrogens is 1. The van der Waals surface area contributed by atoms with Crippen LogP contribution in [-0.2, 0) is 21.8 Å². The fourth-order valence-corrected chi connectivity index (χ4v) is 5.20. The van der Waals surface area contributed by atoms with Gasteiger partial charge >= 0.3 is 6.09 Å². The third kappa shape index (κ3) is 5.32. The summed E-state index contributed by atoms with van der Waals surface area (Å²) in [6.07, 6.45) is 0.268. The number of carbonyl (C=O) groups excluding carboxylic acids is 2. The number of nitrogens with one attached hydrogen (secondary N) is 2. The van der Waals surface area contributed by atoms with Crippen molar-refractivity contribution in [3.05, 3.63) is 46.7 Å². The number of aliphatic hydroxyl groups is 1. The van der Waals surface area contributed by atoms with Crippen molar-refractivity contribution in [3.63, 3.8) is 0 Å². The molecule has 0 bridgehead atoms. The molecule has 1 aliphatic heterocycles. The number of rotatable bonds is 7. The van der Waals surface area contributed by atoms with Crippen LogP contribution < -0.4 is 10.0 Å². The molecule has 2 aromatic rings. The minimum Gasteiger partial charge on any atom is -0.450 e. The number of halogens is 3. The highest BCUT2D eigenvalue weighted by atomic mass is 35.5. The predicted molar refractivity (Wildman–Crippen MR) is 118 cm³/mol. The monoisotopic (exact) mass is 520 g/mol. The molecule has 0 spiro atoms. The Morgan fingerprint density at radius 3 is 2.62 bits per heavy atom. The number of hydrogen-bond acceptors (Lipinski definition) is 6. The van der Waals surface area contributed by atoms with Crippen molar-refractivity contribution >= 4 is 39.3 Å². The van der Waals surface area contributed by atoms with Crippen molar-refractivity contribution in [2.24, 2.45) is 13.0 Å². The second-order valence-corrected chi connectivity index (χ2v) is 9.71. The lowest BCUT2D eigenvalue weighted by atomic mass is 10.1. The van der Waals surface area contributed by atoms with Crippen LogP contribution in [0.2, 0.25) is 5.02 Å². The highest BCUT2D eigenvalue weighted by Gasteiger charge is 2.39. The molecular weight excluding hydrogens is 498 g/mol. The molecule has 1 saturated heterocycles. The average Bonchev–Trinajstić information content (AvgIpc) is 3.30. The van der Waals surface area contributed by atoms with Crippen molar-refractivity contribution < 1.29 is 36.6 Å². The summed E-state index contributed by atoms with van der Waals surface area (Å²) in [4.78, 5) is 25.0. The number of nitrogens with zero attached hydrogens (tertiary/aromatic N) is 2. The van der Waals surface area contributed by atoms with E-state index in [1.165, 1.54) is 18.0 Å². The Balaban J connectivity index is 1.81. The first-order valence-electron chi connectivity index (χ1n) is 10.1. The molecule has 2 heterocycles. The maximum absolute atomic E-state index is 15.1. The molecule has 14 heteroatoms. The molecular formula is C20H23ClF2N4O6S. The molecule has 0 unspecified atom stereocenters. The quantitative estimate of drug-likeness (QED) is 0.511. The molecule has 2 atom stereocenters. The zero-order valence-corrected chi connectivity index (χ0v) is 19.8. The molecule has 1 aliphatic rings. The van der Waals surface area contributed by atoms with Gasteiger partial charge in [0.05, 0.1) is 11.6 Å². The Bertz CT molecular complexity index is 1210. The van der Waals surface area contributed by atoms with Gasteiger partial charge < -0.3 is 24.6 Å². The van der Waals surface area contributed by atoms with E-state index in [1.807, 2.05) is 0 Å². The first kappa shape index (κ1) is 25.9. The summed E-state index contributed by atoms with van der Waals surface area (Å²) in [5.41, 5.74) is -0.505. The summed E-state index contributed by atoms with van der Waals surface area (Å²) < 4.78 is 62.5. The molecule has 0 radical (unpaired) electrons. The molecule has 0 saturated carbocycles. The maximum atomic E-state index is 15.1. The summed E-state index contributed by atoms with van der Waals surface area (Å²) >= 11 is 5.68. The number of aryl methyl sites for hydroxylation is 1. The Labute approximate surface area is 199 Å². The van der Waals surface area contributed by atoms with Crippen molar-refractivity contribution in [3.8, 4) is 0 Å². The van der Waals surface area contributed by atoms with E-state index < -0.39 is 62.8 Å². The van der Waals surface area contributed by atoms with E-state index in [0.717, 1.165) is 22.9 Å². The van der Waals surface area contributed by atoms with E-state index in [4.69, 9.17) is 16.3 Å². The highest BCUT2D eigenvalue weighted by molar-refractivity contribution is 7.89. The van der Waals surface area contributed by atoms with Gasteiger partial charge in [-0.05, 0) is 25.1 Å². The molecule has 34 heavy (non-hydrogen) atoms. The molecule has 3 N–H and O–H groups in total. The van der Waals surface area contributed by atoms with Crippen LogP contribution in [0.15, 0.2) is 29.3 Å². The number of benzene rings is 1. The van der Waals surface area contributed by atoms with Crippen molar-refractivity contribution in [2.45, 2.75) is 17.9 Å². The SMILES string of the molecule is CCOC(=O)N1C[C@@H](CO)[C@@H](NS(=O)(=O)c2cn(C)c(C(=O)Nc3ccc(F)c(Cl)c3)c2F)C1. The van der Waals surface area contributed by atoms with Crippen LogP contribution in [0.25, 0.3) is 0 Å². The Hall–Kier alpha value is -2.74. The van der Waals surface area contributed by atoms with Gasteiger partial charge in [-0.25, -0.2) is 26.7 Å². The van der Waals surface area contributed by atoms with Gasteiger partial charge in [0, 0.05) is 50.6 Å². The summed E-state index contributed by atoms with van der Waals surface area (Å²) in [5, 5.41) is 11.7. The van der Waals surface area contributed by atoms with Crippen LogP contribution in [-0.4, -0.2) is 67.3 Å². The number of carbonyl (C=O) groups is 2. The van der Waals surface area contributed by atoms with Gasteiger partial charge in [-0.1, -0.05) is 11.6 Å². The third-order valence-corrected chi connectivity index (χ3v) is 7.04. The summed E-state index contributed by atoms with van der Waals surface area (Å²) in [6, 6.07) is 2.44. The minimum absolute atomic E-state index is 0.0493. The number of likely N-dealkylation sites (tertiary alicyclic amines) is 1. The van der Waals surface area contributed by atoms with E-state index in [-0.39, 0.29) is 30.4 Å². The second kappa shape index (κ2) is 10.3. The van der Waals surface area contributed by atoms with Crippen LogP contribution in [0.4, 0.5) is 19.3 Å². The van der Waals surface area contributed by atoms with Gasteiger partial charge in [-0.15, -0.1) is 0 Å². The lowest BCUT2D eigenvalue weighted by molar-refractivity contribution is 0.101. The van der Waals surface area contributed by atoms with Gasteiger partial charge in [0.15, 0.2) is 5.82 Å². The third-order valence-electron chi connectivity index (χ3n) is 5.28. The lowest BCUT2D eigenvalue weighted by Crippen LogP contribution is -2.42. The fraction of sp³-hybridized carbons (Fsp3) is 0.400. The van der Waals surface area contributed by atoms with Gasteiger partial charge in [0.2, 0.25) is 10.0 Å². The molecule has 3 rings (SSSR count). The van der Waals surface area contributed by atoms with Gasteiger partial charge in [-0.2, -0.15) is 0 Å². The van der Waals surface area contributed by atoms with Crippen molar-refractivity contribution in [1.29, 1.82) is 0 Å². The molecule has 1 aromatic heterocycles. The number of hydrogen-bond donors (Lipinski definition) is 3. The number of sulfonamides is 1. The zero-order valence-electron chi connectivity index (χ0n) is 18.2. The van der Waals surface area contributed by atoms with Crippen LogP contribution in [0.5, 0.6) is 0 Å². The highest BCUT2D eigenvalue weighted by Crippen LogP contribution is 2.25. The molecule has 1 aromatic carbocycles. The van der Waals surface area contributed by atoms with E-state index in [9.17, 15) is 27.5 Å². The molecule has 2 amide bonds. The van der Waals surface area contributed by atoms with E-state index >= 15 is 4.39 Å². The van der Waals surface area contributed by atoms with Gasteiger partial charge in [0.1, 0.15) is 16.4 Å².